The summed E-state index contributed by atoms with van der Waals surface area (Å²) in [5.74, 6) is 0.812. The summed E-state index contributed by atoms with van der Waals surface area (Å²) in [6, 6.07) is 12.4. The van der Waals surface area contributed by atoms with Crippen molar-refractivity contribution in [2.75, 3.05) is 0 Å². The van der Waals surface area contributed by atoms with Crippen LogP contribution in [0.15, 0.2) is 46.6 Å². The second-order valence-electron chi connectivity index (χ2n) is 7.93. The third-order valence-corrected chi connectivity index (χ3v) is 6.80. The number of benzene rings is 1. The van der Waals surface area contributed by atoms with Crippen molar-refractivity contribution in [3.05, 3.63) is 69.1 Å². The number of fused-ring (bicyclic) bond motifs is 4. The van der Waals surface area contributed by atoms with Crippen LogP contribution >= 0.6 is 11.3 Å². The molecule has 0 unspecified atom stereocenters. The molecule has 0 spiro atoms. The molecule has 154 valence electrons. The van der Waals surface area contributed by atoms with E-state index in [-0.39, 0.29) is 17.5 Å². The maximum Gasteiger partial charge on any atom is 0.291 e. The molecule has 0 saturated carbocycles. The van der Waals surface area contributed by atoms with E-state index in [4.69, 9.17) is 0 Å². The van der Waals surface area contributed by atoms with E-state index in [1.165, 1.54) is 15.8 Å². The third kappa shape index (κ3) is 3.33. The standard InChI is InChI=1S/C23H24N4O2S/c1-15-25-26(23(29)20-14-21-19(27(15)20)11-13-30-21)12-5-10-22(28)24-18-9-4-7-16-6-2-3-8-17(16)18/h2-3,6,8,11,13-14,18H,4-5,7,9-10,12H2,1H3,(H,24,28)/t18-/m1/s1. The third-order valence-electron chi connectivity index (χ3n) is 5.94. The van der Waals surface area contributed by atoms with Gasteiger partial charge in [0, 0.05) is 13.0 Å². The molecule has 7 heteroatoms. The molecule has 0 radical (unpaired) electrons. The number of nitrogens with zero attached hydrogens (tertiary/aromatic N) is 3. The maximum atomic E-state index is 12.9. The molecular formula is C23H24N4O2S. The van der Waals surface area contributed by atoms with Gasteiger partial charge < -0.3 is 5.32 Å². The van der Waals surface area contributed by atoms with Crippen LogP contribution in [0.25, 0.3) is 15.7 Å². The highest BCUT2D eigenvalue weighted by molar-refractivity contribution is 7.17. The predicted octanol–water partition coefficient (Wildman–Crippen LogP) is 3.99. The summed E-state index contributed by atoms with van der Waals surface area (Å²) in [6.07, 6.45) is 4.11. The van der Waals surface area contributed by atoms with Gasteiger partial charge in [-0.05, 0) is 61.2 Å². The first-order valence-electron chi connectivity index (χ1n) is 10.5. The number of carbonyl (C=O) groups is 1. The summed E-state index contributed by atoms with van der Waals surface area (Å²) < 4.78 is 4.50. The number of rotatable bonds is 5. The summed E-state index contributed by atoms with van der Waals surface area (Å²) in [6.45, 7) is 2.34. The van der Waals surface area contributed by atoms with E-state index in [1.54, 1.807) is 11.3 Å². The molecule has 1 amide bonds. The summed E-state index contributed by atoms with van der Waals surface area (Å²) in [4.78, 5) is 25.4. The van der Waals surface area contributed by atoms with Gasteiger partial charge in [-0.3, -0.25) is 14.0 Å². The lowest BCUT2D eigenvalue weighted by atomic mass is 9.87. The molecule has 1 aliphatic rings. The lowest BCUT2D eigenvalue weighted by Gasteiger charge is -2.26. The number of aryl methyl sites for hydroxylation is 3. The second-order valence-corrected chi connectivity index (χ2v) is 8.87. The minimum absolute atomic E-state index is 0.0331. The van der Waals surface area contributed by atoms with Gasteiger partial charge in [0.05, 0.1) is 16.3 Å². The first-order chi connectivity index (χ1) is 14.6. The Kier molecular flexibility index (Phi) is 4.90. The van der Waals surface area contributed by atoms with Crippen molar-refractivity contribution in [1.82, 2.24) is 19.5 Å². The molecule has 30 heavy (non-hydrogen) atoms. The average Bonchev–Trinajstić information content (AvgIpc) is 3.33. The van der Waals surface area contributed by atoms with Crippen molar-refractivity contribution in [3.63, 3.8) is 0 Å². The first-order valence-corrected chi connectivity index (χ1v) is 11.3. The van der Waals surface area contributed by atoms with Gasteiger partial charge in [0.15, 0.2) is 0 Å². The van der Waals surface area contributed by atoms with Crippen LogP contribution < -0.4 is 10.9 Å². The Bertz CT molecular complexity index is 1300. The fourth-order valence-corrected chi connectivity index (χ4v) is 5.34. The Morgan fingerprint density at radius 3 is 3.03 bits per heavy atom. The van der Waals surface area contributed by atoms with E-state index in [9.17, 15) is 9.59 Å². The number of nitrogens with one attached hydrogen (secondary N) is 1. The van der Waals surface area contributed by atoms with Gasteiger partial charge in [0.25, 0.3) is 5.56 Å². The van der Waals surface area contributed by atoms with Crippen LogP contribution in [0.2, 0.25) is 0 Å². The molecule has 0 fully saturated rings. The van der Waals surface area contributed by atoms with Crippen molar-refractivity contribution in [1.29, 1.82) is 0 Å². The topological polar surface area (TPSA) is 68.4 Å². The summed E-state index contributed by atoms with van der Waals surface area (Å²) in [7, 11) is 0. The van der Waals surface area contributed by atoms with Gasteiger partial charge in [0.2, 0.25) is 5.91 Å². The SMILES string of the molecule is Cc1nn(CCCC(=O)N[C@@H]2CCCc3ccccc32)c(=O)c2cc3sccc3n12. The van der Waals surface area contributed by atoms with Crippen LogP contribution in [-0.2, 0) is 17.8 Å². The number of carbonyl (C=O) groups excluding carboxylic acids is 1. The molecule has 0 bridgehead atoms. The molecular weight excluding hydrogens is 396 g/mol. The van der Waals surface area contributed by atoms with Gasteiger partial charge in [0.1, 0.15) is 11.3 Å². The molecule has 0 saturated heterocycles. The first kappa shape index (κ1) is 19.1. The Hall–Kier alpha value is -2.93. The Morgan fingerprint density at radius 1 is 1.27 bits per heavy atom. The normalized spacial score (nSPS) is 16.1. The molecule has 5 rings (SSSR count). The fourth-order valence-electron chi connectivity index (χ4n) is 4.54. The summed E-state index contributed by atoms with van der Waals surface area (Å²) in [5.41, 5.74) is 4.14. The van der Waals surface area contributed by atoms with E-state index < -0.39 is 0 Å². The van der Waals surface area contributed by atoms with Crippen molar-refractivity contribution in [2.24, 2.45) is 0 Å². The summed E-state index contributed by atoms with van der Waals surface area (Å²) in [5, 5.41) is 9.69. The average molecular weight is 421 g/mol. The van der Waals surface area contributed by atoms with Crippen LogP contribution in [0.1, 0.15) is 48.7 Å². The highest BCUT2D eigenvalue weighted by Gasteiger charge is 2.21. The highest BCUT2D eigenvalue weighted by Crippen LogP contribution is 2.29. The maximum absolute atomic E-state index is 12.9. The quantitative estimate of drug-likeness (QED) is 0.531. The Balaban J connectivity index is 1.26. The molecule has 1 aromatic carbocycles. The molecule has 3 heterocycles. The zero-order valence-corrected chi connectivity index (χ0v) is 17.7. The molecule has 1 aliphatic carbocycles. The highest BCUT2D eigenvalue weighted by atomic mass is 32.1. The largest absolute Gasteiger partial charge is 0.349 e. The minimum atomic E-state index is -0.106. The number of thiophene rings is 1. The van der Waals surface area contributed by atoms with E-state index in [0.29, 0.717) is 24.9 Å². The number of amides is 1. The van der Waals surface area contributed by atoms with Crippen molar-refractivity contribution >= 4 is 33.0 Å². The van der Waals surface area contributed by atoms with Crippen molar-refractivity contribution in [2.45, 2.75) is 51.6 Å². The van der Waals surface area contributed by atoms with E-state index in [0.717, 1.165) is 35.3 Å². The van der Waals surface area contributed by atoms with Gasteiger partial charge in [-0.2, -0.15) is 5.10 Å². The van der Waals surface area contributed by atoms with Crippen LogP contribution in [0.4, 0.5) is 0 Å². The monoisotopic (exact) mass is 420 g/mol. The van der Waals surface area contributed by atoms with Crippen molar-refractivity contribution < 1.29 is 4.79 Å². The molecule has 4 aromatic rings. The molecule has 0 aliphatic heterocycles. The van der Waals surface area contributed by atoms with Crippen LogP contribution in [0.5, 0.6) is 0 Å². The van der Waals surface area contributed by atoms with Gasteiger partial charge in [-0.25, -0.2) is 4.68 Å². The fraction of sp³-hybridized carbons (Fsp3) is 0.348. The lowest BCUT2D eigenvalue weighted by molar-refractivity contribution is -0.122. The zero-order chi connectivity index (χ0) is 20.7. The van der Waals surface area contributed by atoms with E-state index >= 15 is 0 Å². The van der Waals surface area contributed by atoms with Gasteiger partial charge in [-0.15, -0.1) is 11.3 Å². The Labute approximate surface area is 178 Å². The molecule has 3 aromatic heterocycles. The molecule has 1 N–H and O–H groups in total. The molecule has 6 nitrogen and oxygen atoms in total. The lowest BCUT2D eigenvalue weighted by Crippen LogP contribution is -2.31. The number of aromatic nitrogens is 3. The zero-order valence-electron chi connectivity index (χ0n) is 16.9. The van der Waals surface area contributed by atoms with Gasteiger partial charge >= 0.3 is 0 Å². The number of hydrogen-bond acceptors (Lipinski definition) is 4. The van der Waals surface area contributed by atoms with E-state index in [2.05, 4.69) is 28.6 Å². The molecule has 1 atom stereocenters. The van der Waals surface area contributed by atoms with Crippen LogP contribution in [0, 0.1) is 6.92 Å². The van der Waals surface area contributed by atoms with Gasteiger partial charge in [-0.1, -0.05) is 24.3 Å². The van der Waals surface area contributed by atoms with Crippen LogP contribution in [-0.4, -0.2) is 20.1 Å². The van der Waals surface area contributed by atoms with Crippen molar-refractivity contribution in [3.8, 4) is 0 Å². The Morgan fingerprint density at radius 2 is 2.13 bits per heavy atom. The minimum Gasteiger partial charge on any atom is -0.349 e. The van der Waals surface area contributed by atoms with E-state index in [1.807, 2.05) is 34.9 Å². The number of hydrogen-bond donors (Lipinski definition) is 1. The predicted molar refractivity (Wildman–Crippen MR) is 119 cm³/mol. The second kappa shape index (κ2) is 7.72. The van der Waals surface area contributed by atoms with Crippen LogP contribution in [0.3, 0.4) is 0 Å². The summed E-state index contributed by atoms with van der Waals surface area (Å²) >= 11 is 1.62. The smallest absolute Gasteiger partial charge is 0.291 e.